The van der Waals surface area contributed by atoms with E-state index in [2.05, 4.69) is 28.2 Å². The second-order valence-electron chi connectivity index (χ2n) is 4.75. The SMILES string of the molecule is COCC(CBr)NC(=O)C1C(C)OC(C)C1C. The van der Waals surface area contributed by atoms with Crippen LogP contribution < -0.4 is 5.32 Å². The fraction of sp³-hybridized carbons (Fsp3) is 0.917. The lowest BCUT2D eigenvalue weighted by Crippen LogP contribution is -2.45. The van der Waals surface area contributed by atoms with Crippen molar-refractivity contribution in [2.24, 2.45) is 11.8 Å². The van der Waals surface area contributed by atoms with Crippen molar-refractivity contribution in [3.63, 3.8) is 0 Å². The highest BCUT2D eigenvalue weighted by molar-refractivity contribution is 9.09. The number of methoxy groups -OCH3 is 1. The maximum Gasteiger partial charge on any atom is 0.226 e. The van der Waals surface area contributed by atoms with E-state index in [1.54, 1.807) is 7.11 Å². The molecule has 100 valence electrons. The minimum Gasteiger partial charge on any atom is -0.383 e. The van der Waals surface area contributed by atoms with Gasteiger partial charge in [0.15, 0.2) is 0 Å². The quantitative estimate of drug-likeness (QED) is 0.784. The topological polar surface area (TPSA) is 47.6 Å². The van der Waals surface area contributed by atoms with E-state index in [1.165, 1.54) is 0 Å². The van der Waals surface area contributed by atoms with E-state index < -0.39 is 0 Å². The molecule has 17 heavy (non-hydrogen) atoms. The molecule has 1 rings (SSSR count). The van der Waals surface area contributed by atoms with Crippen LogP contribution in [0.4, 0.5) is 0 Å². The standard InChI is InChI=1S/C12H22BrNO3/c1-7-8(2)17-9(3)11(7)12(15)14-10(5-13)6-16-4/h7-11H,5-6H2,1-4H3,(H,14,15). The van der Waals surface area contributed by atoms with Crippen LogP contribution in [0.3, 0.4) is 0 Å². The van der Waals surface area contributed by atoms with Gasteiger partial charge in [-0.3, -0.25) is 4.79 Å². The van der Waals surface area contributed by atoms with Crippen LogP contribution in [0.15, 0.2) is 0 Å². The lowest BCUT2D eigenvalue weighted by atomic mass is 9.88. The number of ether oxygens (including phenoxy) is 2. The van der Waals surface area contributed by atoms with Crippen LogP contribution in [0.1, 0.15) is 20.8 Å². The van der Waals surface area contributed by atoms with Crippen molar-refractivity contribution in [2.75, 3.05) is 19.0 Å². The molecule has 0 aromatic heterocycles. The van der Waals surface area contributed by atoms with Crippen molar-refractivity contribution in [2.45, 2.75) is 39.0 Å². The summed E-state index contributed by atoms with van der Waals surface area (Å²) >= 11 is 3.37. The van der Waals surface area contributed by atoms with Gasteiger partial charge in [0.1, 0.15) is 0 Å². The zero-order valence-corrected chi connectivity index (χ0v) is 12.5. The molecule has 1 aliphatic rings. The maximum absolute atomic E-state index is 12.2. The summed E-state index contributed by atoms with van der Waals surface area (Å²) < 4.78 is 10.7. The first-order valence-corrected chi connectivity index (χ1v) is 7.14. The lowest BCUT2D eigenvalue weighted by Gasteiger charge is -2.22. The Bertz CT molecular complexity index is 262. The van der Waals surface area contributed by atoms with Crippen LogP contribution in [0.5, 0.6) is 0 Å². The van der Waals surface area contributed by atoms with E-state index in [9.17, 15) is 4.79 Å². The Hall–Kier alpha value is -0.130. The highest BCUT2D eigenvalue weighted by Crippen LogP contribution is 2.32. The minimum absolute atomic E-state index is 0.0153. The van der Waals surface area contributed by atoms with Crippen molar-refractivity contribution in [3.8, 4) is 0 Å². The number of carbonyl (C=O) groups excluding carboxylic acids is 1. The summed E-state index contributed by atoms with van der Waals surface area (Å²) in [5.74, 6) is 0.253. The fourth-order valence-corrected chi connectivity index (χ4v) is 2.69. The van der Waals surface area contributed by atoms with Gasteiger partial charge in [0.25, 0.3) is 0 Å². The van der Waals surface area contributed by atoms with Gasteiger partial charge in [-0.25, -0.2) is 0 Å². The number of nitrogens with one attached hydrogen (secondary N) is 1. The van der Waals surface area contributed by atoms with Crippen LogP contribution >= 0.6 is 15.9 Å². The zero-order valence-electron chi connectivity index (χ0n) is 10.9. The molecular weight excluding hydrogens is 286 g/mol. The Kier molecular flexibility index (Phi) is 5.89. The summed E-state index contributed by atoms with van der Waals surface area (Å²) in [6, 6.07) is 0.0165. The van der Waals surface area contributed by atoms with Crippen molar-refractivity contribution in [3.05, 3.63) is 0 Å². The highest BCUT2D eigenvalue weighted by atomic mass is 79.9. The van der Waals surface area contributed by atoms with Crippen molar-refractivity contribution in [1.29, 1.82) is 0 Å². The predicted molar refractivity (Wildman–Crippen MR) is 70.3 cm³/mol. The zero-order chi connectivity index (χ0) is 13.0. The highest BCUT2D eigenvalue weighted by Gasteiger charge is 2.41. The summed E-state index contributed by atoms with van der Waals surface area (Å²) in [4.78, 5) is 12.2. The van der Waals surface area contributed by atoms with Crippen LogP contribution in [-0.2, 0) is 14.3 Å². The van der Waals surface area contributed by atoms with E-state index in [0.29, 0.717) is 11.9 Å². The molecule has 1 aliphatic heterocycles. The molecule has 4 nitrogen and oxygen atoms in total. The average Bonchev–Trinajstić information content (AvgIpc) is 2.52. The first kappa shape index (κ1) is 14.9. The fourth-order valence-electron chi connectivity index (χ4n) is 2.34. The molecule has 0 spiro atoms. The van der Waals surface area contributed by atoms with Gasteiger partial charge in [-0.15, -0.1) is 0 Å². The van der Waals surface area contributed by atoms with Crippen molar-refractivity contribution >= 4 is 21.8 Å². The van der Waals surface area contributed by atoms with E-state index >= 15 is 0 Å². The Morgan fingerprint density at radius 3 is 2.47 bits per heavy atom. The molecule has 1 amide bonds. The van der Waals surface area contributed by atoms with E-state index in [-0.39, 0.29) is 36.0 Å². The van der Waals surface area contributed by atoms with Gasteiger partial charge in [0.05, 0.1) is 30.8 Å². The normalized spacial score (nSPS) is 34.6. The third-order valence-corrected chi connectivity index (χ3v) is 4.23. The number of amides is 1. The number of hydrogen-bond acceptors (Lipinski definition) is 3. The maximum atomic E-state index is 12.2. The summed E-state index contributed by atoms with van der Waals surface area (Å²) in [6.07, 6.45) is 0.129. The Labute approximate surface area is 112 Å². The number of halogens is 1. The van der Waals surface area contributed by atoms with Gasteiger partial charge in [-0.1, -0.05) is 22.9 Å². The summed E-state index contributed by atoms with van der Waals surface area (Å²) in [6.45, 7) is 6.57. The molecule has 1 saturated heterocycles. The molecule has 0 aliphatic carbocycles. The Balaban J connectivity index is 2.57. The molecular formula is C12H22BrNO3. The molecule has 1 N–H and O–H groups in total. The predicted octanol–water partition coefficient (Wildman–Crippen LogP) is 1.57. The molecule has 0 aromatic carbocycles. The van der Waals surface area contributed by atoms with Crippen LogP contribution in [-0.4, -0.2) is 43.2 Å². The van der Waals surface area contributed by atoms with Crippen LogP contribution in [0, 0.1) is 11.8 Å². The molecule has 0 radical (unpaired) electrons. The monoisotopic (exact) mass is 307 g/mol. The number of hydrogen-bond donors (Lipinski definition) is 1. The number of rotatable bonds is 5. The molecule has 0 bridgehead atoms. The van der Waals surface area contributed by atoms with E-state index in [1.807, 2.05) is 13.8 Å². The third-order valence-electron chi connectivity index (χ3n) is 3.45. The summed E-state index contributed by atoms with van der Waals surface area (Å²) in [7, 11) is 1.63. The Morgan fingerprint density at radius 1 is 1.41 bits per heavy atom. The largest absolute Gasteiger partial charge is 0.383 e. The van der Waals surface area contributed by atoms with Gasteiger partial charge in [-0.2, -0.15) is 0 Å². The lowest BCUT2D eigenvalue weighted by molar-refractivity contribution is -0.128. The molecule has 5 heteroatoms. The summed E-state index contributed by atoms with van der Waals surface area (Å²) in [5.41, 5.74) is 0. The van der Waals surface area contributed by atoms with Gasteiger partial charge in [0, 0.05) is 12.4 Å². The second-order valence-corrected chi connectivity index (χ2v) is 5.39. The first-order valence-electron chi connectivity index (χ1n) is 6.02. The first-order chi connectivity index (χ1) is 8.01. The number of alkyl halides is 1. The van der Waals surface area contributed by atoms with Crippen molar-refractivity contribution < 1.29 is 14.3 Å². The molecule has 5 atom stereocenters. The average molecular weight is 308 g/mol. The van der Waals surface area contributed by atoms with Crippen LogP contribution in [0.2, 0.25) is 0 Å². The second kappa shape index (κ2) is 6.71. The third kappa shape index (κ3) is 3.66. The van der Waals surface area contributed by atoms with Gasteiger partial charge < -0.3 is 14.8 Å². The molecule has 5 unspecified atom stereocenters. The van der Waals surface area contributed by atoms with E-state index in [0.717, 1.165) is 0 Å². The minimum atomic E-state index is -0.0663. The molecule has 1 fully saturated rings. The smallest absolute Gasteiger partial charge is 0.226 e. The van der Waals surface area contributed by atoms with Gasteiger partial charge >= 0.3 is 0 Å². The molecule has 1 heterocycles. The van der Waals surface area contributed by atoms with Gasteiger partial charge in [0.2, 0.25) is 5.91 Å². The molecule has 0 saturated carbocycles. The Morgan fingerprint density at radius 2 is 2.06 bits per heavy atom. The van der Waals surface area contributed by atoms with Crippen LogP contribution in [0.25, 0.3) is 0 Å². The van der Waals surface area contributed by atoms with Crippen molar-refractivity contribution in [1.82, 2.24) is 5.32 Å². The molecule has 0 aromatic rings. The number of carbonyl (C=O) groups is 1. The van der Waals surface area contributed by atoms with E-state index in [4.69, 9.17) is 9.47 Å². The summed E-state index contributed by atoms with van der Waals surface area (Å²) in [5, 5.41) is 3.69. The van der Waals surface area contributed by atoms with Gasteiger partial charge in [-0.05, 0) is 19.8 Å².